The summed E-state index contributed by atoms with van der Waals surface area (Å²) in [6, 6.07) is 20.5. The van der Waals surface area contributed by atoms with Crippen molar-refractivity contribution in [2.75, 3.05) is 5.32 Å². The molecule has 0 saturated heterocycles. The second-order valence-electron chi connectivity index (χ2n) is 7.48. The van der Waals surface area contributed by atoms with Crippen molar-refractivity contribution in [1.82, 2.24) is 10.3 Å². The molecule has 0 radical (unpaired) electrons. The van der Waals surface area contributed by atoms with E-state index in [4.69, 9.17) is 0 Å². The van der Waals surface area contributed by atoms with Crippen LogP contribution in [0.15, 0.2) is 77.4 Å². The predicted molar refractivity (Wildman–Crippen MR) is 120 cm³/mol. The van der Waals surface area contributed by atoms with Crippen LogP contribution in [0.5, 0.6) is 0 Å². The van der Waals surface area contributed by atoms with E-state index in [1.165, 1.54) is 0 Å². The molecule has 2 aromatic carbocycles. The molecular formula is C24H22BrN3O2. The summed E-state index contributed by atoms with van der Waals surface area (Å²) in [5.41, 5.74) is 2.43. The topological polar surface area (TPSA) is 71.1 Å². The first-order valence-corrected chi connectivity index (χ1v) is 10.7. The number of hydrogen-bond donors (Lipinski definition) is 2. The maximum atomic E-state index is 13.2. The molecule has 4 rings (SSSR count). The Kier molecular flexibility index (Phi) is 5.95. The lowest BCUT2D eigenvalue weighted by molar-refractivity contribution is -0.124. The molecular weight excluding hydrogens is 442 g/mol. The summed E-state index contributed by atoms with van der Waals surface area (Å²) in [5, 5.41) is 5.88. The van der Waals surface area contributed by atoms with Crippen LogP contribution in [-0.2, 0) is 16.8 Å². The minimum Gasteiger partial charge on any atom is -0.346 e. The Balaban J connectivity index is 1.45. The Morgan fingerprint density at radius 2 is 1.80 bits per heavy atom. The molecule has 0 bridgehead atoms. The van der Waals surface area contributed by atoms with Crippen LogP contribution in [0.2, 0.25) is 0 Å². The molecule has 5 nitrogen and oxygen atoms in total. The summed E-state index contributed by atoms with van der Waals surface area (Å²) in [6.45, 7) is 0.350. The van der Waals surface area contributed by atoms with Crippen LogP contribution in [0.3, 0.4) is 0 Å². The van der Waals surface area contributed by atoms with Crippen molar-refractivity contribution >= 4 is 33.4 Å². The first-order chi connectivity index (χ1) is 14.6. The van der Waals surface area contributed by atoms with Crippen molar-refractivity contribution in [3.63, 3.8) is 0 Å². The molecule has 30 heavy (non-hydrogen) atoms. The summed E-state index contributed by atoms with van der Waals surface area (Å²) in [4.78, 5) is 29.9. The lowest BCUT2D eigenvalue weighted by atomic mass is 9.64. The largest absolute Gasteiger partial charge is 0.346 e. The third kappa shape index (κ3) is 4.28. The number of pyridine rings is 1. The summed E-state index contributed by atoms with van der Waals surface area (Å²) < 4.78 is 0.991. The fraction of sp³-hybridized carbons (Fsp3) is 0.208. The molecule has 0 unspecified atom stereocenters. The fourth-order valence-electron chi connectivity index (χ4n) is 3.71. The smallest absolute Gasteiger partial charge is 0.251 e. The monoisotopic (exact) mass is 463 g/mol. The van der Waals surface area contributed by atoms with Crippen molar-refractivity contribution in [3.05, 3.63) is 94.2 Å². The Bertz CT molecular complexity index is 1050. The van der Waals surface area contributed by atoms with Crippen LogP contribution in [0.25, 0.3) is 0 Å². The first kappa shape index (κ1) is 20.3. The normalized spacial score (nSPS) is 14.4. The van der Waals surface area contributed by atoms with Gasteiger partial charge in [-0.2, -0.15) is 0 Å². The third-order valence-corrected chi connectivity index (χ3v) is 6.11. The Hall–Kier alpha value is -2.99. The Morgan fingerprint density at radius 3 is 2.47 bits per heavy atom. The average Bonchev–Trinajstić information content (AvgIpc) is 2.73. The highest BCUT2D eigenvalue weighted by Gasteiger charge is 2.45. The molecule has 0 aliphatic heterocycles. The zero-order valence-electron chi connectivity index (χ0n) is 16.4. The van der Waals surface area contributed by atoms with Gasteiger partial charge in [-0.1, -0.05) is 46.6 Å². The van der Waals surface area contributed by atoms with Crippen LogP contribution in [0.1, 0.15) is 40.9 Å². The minimum absolute atomic E-state index is 0.0258. The maximum Gasteiger partial charge on any atom is 0.251 e. The highest BCUT2D eigenvalue weighted by molar-refractivity contribution is 9.10. The van der Waals surface area contributed by atoms with Crippen LogP contribution in [0.4, 0.5) is 5.69 Å². The second kappa shape index (κ2) is 8.79. The second-order valence-corrected chi connectivity index (χ2v) is 8.40. The van der Waals surface area contributed by atoms with Gasteiger partial charge in [0.05, 0.1) is 17.7 Å². The molecule has 6 heteroatoms. The van der Waals surface area contributed by atoms with E-state index in [1.807, 2.05) is 42.5 Å². The molecule has 1 aromatic heterocycles. The molecule has 1 fully saturated rings. The van der Waals surface area contributed by atoms with Gasteiger partial charge < -0.3 is 10.6 Å². The lowest BCUT2D eigenvalue weighted by Gasteiger charge is -2.40. The van der Waals surface area contributed by atoms with Gasteiger partial charge >= 0.3 is 0 Å². The Morgan fingerprint density at radius 1 is 1.00 bits per heavy atom. The van der Waals surface area contributed by atoms with Crippen molar-refractivity contribution in [2.24, 2.45) is 0 Å². The summed E-state index contributed by atoms with van der Waals surface area (Å²) in [7, 11) is 0. The van der Waals surface area contributed by atoms with Crippen molar-refractivity contribution in [3.8, 4) is 0 Å². The molecule has 152 valence electrons. The standard InChI is InChI=1S/C24H22BrN3O2/c25-19-10-8-18(9-11-19)24(12-4-13-24)23(30)28-20-7-3-5-17(15-20)22(29)27-16-21-6-1-2-14-26-21/h1-3,5-11,14-15H,4,12-13,16H2,(H,27,29)(H,28,30). The van der Waals surface area contributed by atoms with E-state index in [-0.39, 0.29) is 11.8 Å². The van der Waals surface area contributed by atoms with Crippen molar-refractivity contribution in [1.29, 1.82) is 0 Å². The van der Waals surface area contributed by atoms with Gasteiger partial charge in [-0.15, -0.1) is 0 Å². The van der Waals surface area contributed by atoms with Gasteiger partial charge in [0.1, 0.15) is 0 Å². The predicted octanol–water partition coefficient (Wildman–Crippen LogP) is 4.83. The molecule has 1 saturated carbocycles. The number of halogens is 1. The number of nitrogens with zero attached hydrogens (tertiary/aromatic N) is 1. The highest BCUT2D eigenvalue weighted by atomic mass is 79.9. The van der Waals surface area contributed by atoms with Crippen LogP contribution < -0.4 is 10.6 Å². The zero-order chi connectivity index (χ0) is 21.0. The number of amides is 2. The Labute approximate surface area is 184 Å². The summed E-state index contributed by atoms with van der Waals surface area (Å²) >= 11 is 3.45. The van der Waals surface area contributed by atoms with Gasteiger partial charge in [-0.25, -0.2) is 0 Å². The number of benzene rings is 2. The SMILES string of the molecule is O=C(NCc1ccccn1)c1cccc(NC(=O)C2(c3ccc(Br)cc3)CCC2)c1. The number of aromatic nitrogens is 1. The molecule has 2 N–H and O–H groups in total. The van der Waals surface area contributed by atoms with Gasteiger partial charge in [0.25, 0.3) is 5.91 Å². The van der Waals surface area contributed by atoms with E-state index in [0.717, 1.165) is 35.0 Å². The molecule has 0 spiro atoms. The molecule has 1 aliphatic carbocycles. The molecule has 3 aromatic rings. The maximum absolute atomic E-state index is 13.2. The molecule has 1 aliphatic rings. The van der Waals surface area contributed by atoms with E-state index in [9.17, 15) is 9.59 Å². The van der Waals surface area contributed by atoms with E-state index in [2.05, 4.69) is 31.5 Å². The number of hydrogen-bond acceptors (Lipinski definition) is 3. The molecule has 2 amide bonds. The molecule has 0 atom stereocenters. The van der Waals surface area contributed by atoms with Gasteiger partial charge in [0.15, 0.2) is 0 Å². The van der Waals surface area contributed by atoms with Crippen LogP contribution in [0, 0.1) is 0 Å². The van der Waals surface area contributed by atoms with Crippen LogP contribution >= 0.6 is 15.9 Å². The highest BCUT2D eigenvalue weighted by Crippen LogP contribution is 2.44. The van der Waals surface area contributed by atoms with E-state index in [1.54, 1.807) is 30.5 Å². The summed E-state index contributed by atoms with van der Waals surface area (Å²) in [6.07, 6.45) is 4.37. The third-order valence-electron chi connectivity index (χ3n) is 5.58. The van der Waals surface area contributed by atoms with E-state index < -0.39 is 5.41 Å². The van der Waals surface area contributed by atoms with Crippen molar-refractivity contribution < 1.29 is 9.59 Å². The number of nitrogens with one attached hydrogen (secondary N) is 2. The molecule has 1 heterocycles. The number of carbonyl (C=O) groups excluding carboxylic acids is 2. The number of carbonyl (C=O) groups is 2. The van der Waals surface area contributed by atoms with E-state index >= 15 is 0 Å². The van der Waals surface area contributed by atoms with Gasteiger partial charge in [0.2, 0.25) is 5.91 Å². The van der Waals surface area contributed by atoms with Gasteiger partial charge in [0, 0.05) is 21.9 Å². The summed E-state index contributed by atoms with van der Waals surface area (Å²) in [5.74, 6) is -0.231. The lowest BCUT2D eigenvalue weighted by Crippen LogP contribution is -2.46. The van der Waals surface area contributed by atoms with Crippen molar-refractivity contribution in [2.45, 2.75) is 31.2 Å². The first-order valence-electron chi connectivity index (χ1n) is 9.92. The minimum atomic E-state index is -0.502. The van der Waals surface area contributed by atoms with E-state index in [0.29, 0.717) is 17.8 Å². The quantitative estimate of drug-likeness (QED) is 0.549. The van der Waals surface area contributed by atoms with Gasteiger partial charge in [-0.05, 0) is 60.9 Å². The number of anilines is 1. The fourth-order valence-corrected chi connectivity index (χ4v) is 3.97. The zero-order valence-corrected chi connectivity index (χ0v) is 18.0. The number of rotatable bonds is 6. The van der Waals surface area contributed by atoms with Gasteiger partial charge in [-0.3, -0.25) is 14.6 Å². The average molecular weight is 464 g/mol. The van der Waals surface area contributed by atoms with Crippen LogP contribution in [-0.4, -0.2) is 16.8 Å².